The quantitative estimate of drug-likeness (QED) is 0.772. The molecule has 1 N–H and O–H groups in total. The van der Waals surface area contributed by atoms with Gasteiger partial charge in [-0.1, -0.05) is 26.2 Å². The van der Waals surface area contributed by atoms with Gasteiger partial charge in [0.25, 0.3) is 0 Å². The number of rotatable bonds is 7. The zero-order valence-electron chi connectivity index (χ0n) is 14.0. The van der Waals surface area contributed by atoms with Crippen molar-refractivity contribution in [1.29, 1.82) is 0 Å². The minimum Gasteiger partial charge on any atom is -0.461 e. The zero-order valence-corrected chi connectivity index (χ0v) is 14.0. The van der Waals surface area contributed by atoms with Crippen LogP contribution in [0.15, 0.2) is 10.7 Å². The topological polar surface area (TPSA) is 81.4 Å². The lowest BCUT2D eigenvalue weighted by atomic mass is 9.79. The molecular weight excluding hydrogens is 296 g/mol. The van der Waals surface area contributed by atoms with Gasteiger partial charge >= 0.3 is 12.0 Å². The molecule has 23 heavy (non-hydrogen) atoms. The Morgan fingerprint density at radius 2 is 2.04 bits per heavy atom. The summed E-state index contributed by atoms with van der Waals surface area (Å²) in [5.41, 5.74) is 0.0745. The van der Waals surface area contributed by atoms with E-state index in [9.17, 15) is 9.59 Å². The SMILES string of the molecule is CCCCC1CCC(C(=O)Nc2nc(C(=O)OCC)co2)CC1. The molecular formula is C17H26N2O4. The zero-order chi connectivity index (χ0) is 16.7. The second kappa shape index (κ2) is 8.70. The minimum absolute atomic E-state index is 0.00539. The summed E-state index contributed by atoms with van der Waals surface area (Å²) in [5.74, 6) is 0.145. The molecule has 1 aliphatic rings. The molecule has 1 fully saturated rings. The maximum absolute atomic E-state index is 12.3. The van der Waals surface area contributed by atoms with Gasteiger partial charge in [-0.05, 0) is 38.5 Å². The molecule has 0 aliphatic heterocycles. The Bertz CT molecular complexity index is 518. The Balaban J connectivity index is 1.80. The lowest BCUT2D eigenvalue weighted by Crippen LogP contribution is -2.27. The predicted molar refractivity (Wildman–Crippen MR) is 86.1 cm³/mol. The maximum Gasteiger partial charge on any atom is 0.360 e. The number of hydrogen-bond acceptors (Lipinski definition) is 5. The van der Waals surface area contributed by atoms with Crippen LogP contribution < -0.4 is 5.32 Å². The lowest BCUT2D eigenvalue weighted by Gasteiger charge is -2.27. The molecule has 1 amide bonds. The normalized spacial score (nSPS) is 21.0. The predicted octanol–water partition coefficient (Wildman–Crippen LogP) is 3.79. The third-order valence-electron chi connectivity index (χ3n) is 4.40. The molecule has 0 unspecified atom stereocenters. The number of oxazole rings is 1. The van der Waals surface area contributed by atoms with Crippen molar-refractivity contribution in [2.45, 2.75) is 58.8 Å². The van der Waals surface area contributed by atoms with Crippen LogP contribution in [-0.4, -0.2) is 23.5 Å². The van der Waals surface area contributed by atoms with Crippen LogP contribution in [-0.2, 0) is 9.53 Å². The molecule has 6 heteroatoms. The average Bonchev–Trinajstić information content (AvgIpc) is 3.02. The molecule has 0 spiro atoms. The molecule has 0 aromatic carbocycles. The summed E-state index contributed by atoms with van der Waals surface area (Å²) in [6.45, 7) is 4.20. The number of aromatic nitrogens is 1. The van der Waals surface area contributed by atoms with Crippen LogP contribution in [0.25, 0.3) is 0 Å². The van der Waals surface area contributed by atoms with Crippen LogP contribution in [0.1, 0.15) is 69.3 Å². The van der Waals surface area contributed by atoms with Gasteiger partial charge in [-0.2, -0.15) is 4.98 Å². The molecule has 2 rings (SSSR count). The van der Waals surface area contributed by atoms with E-state index in [1.54, 1.807) is 6.92 Å². The van der Waals surface area contributed by atoms with Crippen molar-refractivity contribution < 1.29 is 18.7 Å². The number of amides is 1. The van der Waals surface area contributed by atoms with E-state index in [0.717, 1.165) is 31.6 Å². The van der Waals surface area contributed by atoms with E-state index in [1.165, 1.54) is 25.5 Å². The number of ether oxygens (including phenoxy) is 1. The molecule has 1 saturated carbocycles. The third-order valence-corrected chi connectivity index (χ3v) is 4.40. The van der Waals surface area contributed by atoms with E-state index >= 15 is 0 Å². The molecule has 0 saturated heterocycles. The van der Waals surface area contributed by atoms with Gasteiger partial charge in [0.1, 0.15) is 6.26 Å². The first-order valence-corrected chi connectivity index (χ1v) is 8.57. The van der Waals surface area contributed by atoms with Crippen LogP contribution in [0, 0.1) is 11.8 Å². The van der Waals surface area contributed by atoms with Crippen LogP contribution in [0.3, 0.4) is 0 Å². The Labute approximate surface area is 137 Å². The number of carbonyl (C=O) groups is 2. The largest absolute Gasteiger partial charge is 0.461 e. The monoisotopic (exact) mass is 322 g/mol. The van der Waals surface area contributed by atoms with Crippen molar-refractivity contribution in [2.75, 3.05) is 11.9 Å². The summed E-state index contributed by atoms with van der Waals surface area (Å²) in [4.78, 5) is 27.7. The van der Waals surface area contributed by atoms with Gasteiger partial charge < -0.3 is 9.15 Å². The second-order valence-corrected chi connectivity index (χ2v) is 6.11. The van der Waals surface area contributed by atoms with Crippen molar-refractivity contribution in [1.82, 2.24) is 4.98 Å². The number of nitrogens with one attached hydrogen (secondary N) is 1. The second-order valence-electron chi connectivity index (χ2n) is 6.11. The lowest BCUT2D eigenvalue weighted by molar-refractivity contribution is -0.121. The summed E-state index contributed by atoms with van der Waals surface area (Å²) < 4.78 is 9.96. The van der Waals surface area contributed by atoms with Crippen molar-refractivity contribution in [2.24, 2.45) is 11.8 Å². The first-order chi connectivity index (χ1) is 11.1. The summed E-state index contributed by atoms with van der Waals surface area (Å²) in [7, 11) is 0. The minimum atomic E-state index is -0.548. The van der Waals surface area contributed by atoms with Crippen molar-refractivity contribution in [3.8, 4) is 0 Å². The number of unbranched alkanes of at least 4 members (excludes halogenated alkanes) is 1. The van der Waals surface area contributed by atoms with E-state index in [4.69, 9.17) is 9.15 Å². The molecule has 0 radical (unpaired) electrons. The number of esters is 1. The molecule has 6 nitrogen and oxygen atoms in total. The Kier molecular flexibility index (Phi) is 6.62. The van der Waals surface area contributed by atoms with Gasteiger partial charge in [-0.3, -0.25) is 10.1 Å². The molecule has 0 atom stereocenters. The van der Waals surface area contributed by atoms with Gasteiger partial charge in [-0.25, -0.2) is 4.79 Å². The number of anilines is 1. The molecule has 128 valence electrons. The first kappa shape index (κ1) is 17.5. The van der Waals surface area contributed by atoms with E-state index in [0.29, 0.717) is 0 Å². The average molecular weight is 322 g/mol. The Hall–Kier alpha value is -1.85. The van der Waals surface area contributed by atoms with Crippen molar-refractivity contribution in [3.63, 3.8) is 0 Å². The highest BCUT2D eigenvalue weighted by Crippen LogP contribution is 2.32. The Morgan fingerprint density at radius 1 is 1.30 bits per heavy atom. The molecule has 1 aliphatic carbocycles. The van der Waals surface area contributed by atoms with Crippen molar-refractivity contribution >= 4 is 17.9 Å². The van der Waals surface area contributed by atoms with Gasteiger partial charge in [0.2, 0.25) is 5.91 Å². The molecule has 1 aromatic heterocycles. The highest BCUT2D eigenvalue weighted by atomic mass is 16.5. The van der Waals surface area contributed by atoms with Gasteiger partial charge in [0, 0.05) is 5.92 Å². The van der Waals surface area contributed by atoms with E-state index < -0.39 is 5.97 Å². The van der Waals surface area contributed by atoms with Gasteiger partial charge in [0.05, 0.1) is 6.61 Å². The number of hydrogen-bond donors (Lipinski definition) is 1. The maximum atomic E-state index is 12.3. The standard InChI is InChI=1S/C17H26N2O4/c1-3-5-6-12-7-9-13(10-8-12)15(20)19-17-18-14(11-23-17)16(21)22-4-2/h11-13H,3-10H2,1-2H3,(H,18,19,20). The van der Waals surface area contributed by atoms with E-state index in [-0.39, 0.29) is 30.1 Å². The van der Waals surface area contributed by atoms with Crippen LogP contribution in [0.4, 0.5) is 6.01 Å². The Morgan fingerprint density at radius 3 is 2.70 bits per heavy atom. The van der Waals surface area contributed by atoms with Crippen molar-refractivity contribution in [3.05, 3.63) is 12.0 Å². The summed E-state index contributed by atoms with van der Waals surface area (Å²) in [6.07, 6.45) is 9.01. The fourth-order valence-corrected chi connectivity index (χ4v) is 3.04. The van der Waals surface area contributed by atoms with Gasteiger partial charge in [0.15, 0.2) is 5.69 Å². The van der Waals surface area contributed by atoms with E-state index in [1.807, 2.05) is 0 Å². The molecule has 1 aromatic rings. The summed E-state index contributed by atoms with van der Waals surface area (Å²) in [5, 5.41) is 2.66. The van der Waals surface area contributed by atoms with Crippen LogP contribution >= 0.6 is 0 Å². The molecule has 0 bridgehead atoms. The third kappa shape index (κ3) is 5.08. The summed E-state index contributed by atoms with van der Waals surface area (Å²) in [6, 6.07) is 0.0613. The molecule has 1 heterocycles. The fourth-order valence-electron chi connectivity index (χ4n) is 3.04. The highest BCUT2D eigenvalue weighted by molar-refractivity contribution is 5.92. The fraction of sp³-hybridized carbons (Fsp3) is 0.706. The highest BCUT2D eigenvalue weighted by Gasteiger charge is 2.27. The first-order valence-electron chi connectivity index (χ1n) is 8.57. The summed E-state index contributed by atoms with van der Waals surface area (Å²) >= 11 is 0. The van der Waals surface area contributed by atoms with Gasteiger partial charge in [-0.15, -0.1) is 0 Å². The number of nitrogens with zero attached hydrogens (tertiary/aromatic N) is 1. The van der Waals surface area contributed by atoms with Crippen LogP contribution in [0.5, 0.6) is 0 Å². The van der Waals surface area contributed by atoms with Crippen LogP contribution in [0.2, 0.25) is 0 Å². The van der Waals surface area contributed by atoms with E-state index in [2.05, 4.69) is 17.2 Å². The smallest absolute Gasteiger partial charge is 0.360 e. The number of carbonyl (C=O) groups excluding carboxylic acids is 2.